The van der Waals surface area contributed by atoms with E-state index in [2.05, 4.69) is 23.5 Å². The normalized spacial score (nSPS) is 17.7. The summed E-state index contributed by atoms with van der Waals surface area (Å²) in [5.41, 5.74) is 4.01. The van der Waals surface area contributed by atoms with Crippen molar-refractivity contribution in [3.05, 3.63) is 101 Å². The van der Waals surface area contributed by atoms with Gasteiger partial charge in [0.2, 0.25) is 5.91 Å². The largest absolute Gasteiger partial charge is 0.481 e. The number of nitrogens with zero attached hydrogens (tertiary/aromatic N) is 1. The third-order valence-electron chi connectivity index (χ3n) is 6.97. The Labute approximate surface area is 211 Å². The molecule has 0 spiro atoms. The van der Waals surface area contributed by atoms with Crippen molar-refractivity contribution >= 4 is 11.8 Å². The van der Waals surface area contributed by atoms with Gasteiger partial charge in [0.25, 0.3) is 5.91 Å². The zero-order valence-corrected chi connectivity index (χ0v) is 20.5. The van der Waals surface area contributed by atoms with E-state index >= 15 is 0 Å². The van der Waals surface area contributed by atoms with Crippen LogP contribution in [0.5, 0.6) is 5.75 Å². The zero-order chi connectivity index (χ0) is 25.1. The second-order valence-corrected chi connectivity index (χ2v) is 9.59. The van der Waals surface area contributed by atoms with Crippen molar-refractivity contribution in [2.24, 2.45) is 5.92 Å². The Bertz CT molecular complexity index is 1240. The van der Waals surface area contributed by atoms with Crippen LogP contribution in [0.2, 0.25) is 0 Å². The van der Waals surface area contributed by atoms with E-state index < -0.39 is 6.10 Å². The van der Waals surface area contributed by atoms with E-state index in [4.69, 9.17) is 4.74 Å². The van der Waals surface area contributed by atoms with Gasteiger partial charge in [-0.15, -0.1) is 0 Å². The number of halogens is 1. The molecule has 2 unspecified atom stereocenters. The second kappa shape index (κ2) is 10.5. The van der Waals surface area contributed by atoms with Crippen LogP contribution < -0.4 is 10.1 Å². The molecule has 0 saturated heterocycles. The molecular formula is C30H31FN2O3. The molecule has 1 N–H and O–H groups in total. The van der Waals surface area contributed by atoms with Crippen LogP contribution >= 0.6 is 0 Å². The number of hydrogen-bond donors (Lipinski definition) is 1. The molecule has 3 aromatic carbocycles. The second-order valence-electron chi connectivity index (χ2n) is 9.59. The summed E-state index contributed by atoms with van der Waals surface area (Å²) in [5.74, 6) is 0.390. The number of hydrogen-bond acceptors (Lipinski definition) is 3. The van der Waals surface area contributed by atoms with E-state index in [0.717, 1.165) is 30.4 Å². The summed E-state index contributed by atoms with van der Waals surface area (Å²) in [6.07, 6.45) is 2.54. The Kier molecular flexibility index (Phi) is 7.03. The van der Waals surface area contributed by atoms with E-state index in [-0.39, 0.29) is 36.1 Å². The van der Waals surface area contributed by atoms with Gasteiger partial charge in [-0.3, -0.25) is 9.59 Å². The molecule has 186 valence electrons. The van der Waals surface area contributed by atoms with Gasteiger partial charge in [-0.2, -0.15) is 0 Å². The molecule has 0 bridgehead atoms. The predicted octanol–water partition coefficient (Wildman–Crippen LogP) is 5.18. The lowest BCUT2D eigenvalue weighted by Gasteiger charge is -2.38. The number of ether oxygens (including phenoxy) is 1. The number of benzene rings is 3. The summed E-state index contributed by atoms with van der Waals surface area (Å²) in [7, 11) is 0. The molecule has 2 aliphatic rings. The van der Waals surface area contributed by atoms with Gasteiger partial charge in [-0.1, -0.05) is 55.5 Å². The summed E-state index contributed by atoms with van der Waals surface area (Å²) in [6, 6.07) is 22.1. The molecule has 1 fully saturated rings. The van der Waals surface area contributed by atoms with Gasteiger partial charge < -0.3 is 15.0 Å². The Morgan fingerprint density at radius 2 is 1.86 bits per heavy atom. The molecule has 0 aromatic heterocycles. The first kappa shape index (κ1) is 24.0. The van der Waals surface area contributed by atoms with E-state index in [0.29, 0.717) is 24.3 Å². The van der Waals surface area contributed by atoms with E-state index in [1.54, 1.807) is 12.1 Å². The van der Waals surface area contributed by atoms with Crippen molar-refractivity contribution in [1.29, 1.82) is 0 Å². The smallest absolute Gasteiger partial charge is 0.261 e. The average Bonchev–Trinajstić information content (AvgIpc) is 3.75. The van der Waals surface area contributed by atoms with Crippen LogP contribution in [0.1, 0.15) is 54.5 Å². The average molecular weight is 487 g/mol. The summed E-state index contributed by atoms with van der Waals surface area (Å²) >= 11 is 0. The maximum absolute atomic E-state index is 13.5. The molecule has 5 rings (SSSR count). The fourth-order valence-electron chi connectivity index (χ4n) is 4.90. The fourth-order valence-corrected chi connectivity index (χ4v) is 4.90. The van der Waals surface area contributed by atoms with Crippen LogP contribution in [0.25, 0.3) is 0 Å². The highest BCUT2D eigenvalue weighted by Crippen LogP contribution is 2.41. The van der Waals surface area contributed by atoms with Crippen LogP contribution in [0.3, 0.4) is 0 Å². The molecule has 1 saturated carbocycles. The number of amides is 2. The molecule has 1 aliphatic carbocycles. The number of nitrogens with one attached hydrogen (secondary N) is 1. The van der Waals surface area contributed by atoms with Crippen molar-refractivity contribution in [3.8, 4) is 5.75 Å². The highest BCUT2D eigenvalue weighted by Gasteiger charge is 2.39. The first-order valence-electron chi connectivity index (χ1n) is 12.7. The molecule has 0 radical (unpaired) electrons. The van der Waals surface area contributed by atoms with Crippen LogP contribution in [-0.4, -0.2) is 29.4 Å². The monoisotopic (exact) mass is 486 g/mol. The lowest BCUT2D eigenvalue weighted by atomic mass is 9.87. The maximum atomic E-state index is 13.5. The molecular weight excluding hydrogens is 455 g/mol. The molecule has 6 heteroatoms. The quantitative estimate of drug-likeness (QED) is 0.477. The molecule has 2 amide bonds. The number of rotatable bonds is 8. The van der Waals surface area contributed by atoms with E-state index in [9.17, 15) is 14.0 Å². The van der Waals surface area contributed by atoms with Crippen LogP contribution in [0.4, 0.5) is 4.39 Å². The molecule has 1 aliphatic heterocycles. The molecule has 1 heterocycles. The van der Waals surface area contributed by atoms with Gasteiger partial charge in [0.1, 0.15) is 11.6 Å². The fraction of sp³-hybridized carbons (Fsp3) is 0.333. The molecule has 5 nitrogen and oxygen atoms in total. The topological polar surface area (TPSA) is 58.6 Å². The minimum atomic E-state index is -0.681. The van der Waals surface area contributed by atoms with Gasteiger partial charge in [0.15, 0.2) is 6.10 Å². The Hall–Kier alpha value is -3.67. The number of carbonyl (C=O) groups excluding carboxylic acids is 2. The SMILES string of the molecule is CCC(Oc1ccc2c(c1)C(c1ccccc1)N(C(=O)C1CC1)CC2)C(=O)NCc1cccc(F)c1. The number of fused-ring (bicyclic) bond motifs is 1. The summed E-state index contributed by atoms with van der Waals surface area (Å²) < 4.78 is 19.6. The zero-order valence-electron chi connectivity index (χ0n) is 20.5. The highest BCUT2D eigenvalue weighted by molar-refractivity contribution is 5.82. The maximum Gasteiger partial charge on any atom is 0.261 e. The number of carbonyl (C=O) groups is 2. The minimum Gasteiger partial charge on any atom is -0.481 e. The highest BCUT2D eigenvalue weighted by atomic mass is 19.1. The van der Waals surface area contributed by atoms with Crippen LogP contribution in [0, 0.1) is 11.7 Å². The van der Waals surface area contributed by atoms with Crippen molar-refractivity contribution in [1.82, 2.24) is 10.2 Å². The Morgan fingerprint density at radius 3 is 2.58 bits per heavy atom. The van der Waals surface area contributed by atoms with Gasteiger partial charge >= 0.3 is 0 Å². The third-order valence-corrected chi connectivity index (χ3v) is 6.97. The van der Waals surface area contributed by atoms with Crippen molar-refractivity contribution in [3.63, 3.8) is 0 Å². The van der Waals surface area contributed by atoms with Crippen molar-refractivity contribution in [2.75, 3.05) is 6.54 Å². The predicted molar refractivity (Wildman–Crippen MR) is 136 cm³/mol. The first-order valence-corrected chi connectivity index (χ1v) is 12.7. The summed E-state index contributed by atoms with van der Waals surface area (Å²) in [5, 5.41) is 2.85. The van der Waals surface area contributed by atoms with Crippen LogP contribution in [-0.2, 0) is 22.6 Å². The van der Waals surface area contributed by atoms with Gasteiger partial charge in [-0.05, 0) is 72.2 Å². The lowest BCUT2D eigenvalue weighted by molar-refractivity contribution is -0.134. The van der Waals surface area contributed by atoms with Crippen LogP contribution in [0.15, 0.2) is 72.8 Å². The van der Waals surface area contributed by atoms with Gasteiger partial charge in [0, 0.05) is 19.0 Å². The van der Waals surface area contributed by atoms with E-state index in [1.807, 2.05) is 42.2 Å². The van der Waals surface area contributed by atoms with Gasteiger partial charge in [0.05, 0.1) is 6.04 Å². The standard InChI is InChI=1S/C30H31FN2O3/c1-2-27(29(34)32-19-20-7-6-10-24(31)17-20)36-25-14-13-21-15-16-33(30(35)23-11-12-23)28(26(21)18-25)22-8-4-3-5-9-22/h3-10,13-14,17-18,23,27-28H,2,11-12,15-16,19H2,1H3,(H,32,34). The summed E-state index contributed by atoms with van der Waals surface area (Å²) in [6.45, 7) is 2.82. The first-order chi connectivity index (χ1) is 17.5. The van der Waals surface area contributed by atoms with E-state index in [1.165, 1.54) is 17.7 Å². The van der Waals surface area contributed by atoms with Crippen molar-refractivity contribution < 1.29 is 18.7 Å². The van der Waals surface area contributed by atoms with Crippen molar-refractivity contribution in [2.45, 2.75) is 51.3 Å². The minimum absolute atomic E-state index is 0.142. The molecule has 36 heavy (non-hydrogen) atoms. The third kappa shape index (κ3) is 5.27. The lowest BCUT2D eigenvalue weighted by Crippen LogP contribution is -2.41. The Morgan fingerprint density at radius 1 is 1.06 bits per heavy atom. The Balaban J connectivity index is 1.36. The summed E-state index contributed by atoms with van der Waals surface area (Å²) in [4.78, 5) is 28.0. The molecule has 2 atom stereocenters. The molecule has 3 aromatic rings. The van der Waals surface area contributed by atoms with Gasteiger partial charge in [-0.25, -0.2) is 4.39 Å².